The Bertz CT molecular complexity index is 810. The van der Waals surface area contributed by atoms with Crippen LogP contribution in [0.4, 0.5) is 10.5 Å². The van der Waals surface area contributed by atoms with Crippen LogP contribution in [-0.2, 0) is 14.3 Å². The lowest BCUT2D eigenvalue weighted by Gasteiger charge is -2.42. The monoisotopic (exact) mass is 445 g/mol. The molecule has 0 unspecified atom stereocenters. The summed E-state index contributed by atoms with van der Waals surface area (Å²) < 4.78 is 5.58. The fourth-order valence-electron chi connectivity index (χ4n) is 4.58. The van der Waals surface area contributed by atoms with Gasteiger partial charge in [-0.1, -0.05) is 18.2 Å². The molecule has 3 aliphatic rings. The second-order valence-corrected chi connectivity index (χ2v) is 8.62. The van der Waals surface area contributed by atoms with Crippen LogP contribution in [0, 0.1) is 5.92 Å². The maximum Gasteiger partial charge on any atom is 0.410 e. The third-order valence-corrected chi connectivity index (χ3v) is 6.54. The van der Waals surface area contributed by atoms with Crippen LogP contribution in [-0.4, -0.2) is 90.9 Å². The maximum atomic E-state index is 13.3. The summed E-state index contributed by atoms with van der Waals surface area (Å²) in [4.78, 5) is 43.1. The van der Waals surface area contributed by atoms with Gasteiger partial charge in [0, 0.05) is 57.9 Å². The number of piperazine rings is 1. The predicted molar refractivity (Wildman–Crippen MR) is 116 cm³/mol. The molecular formula is C22H31N5O5. The second kappa shape index (κ2) is 10.2. The summed E-state index contributed by atoms with van der Waals surface area (Å²) in [5, 5.41) is 12.2. The van der Waals surface area contributed by atoms with E-state index in [1.54, 1.807) is 10.4 Å². The van der Waals surface area contributed by atoms with Gasteiger partial charge in [0.05, 0.1) is 6.04 Å². The van der Waals surface area contributed by atoms with Gasteiger partial charge in [-0.3, -0.25) is 14.8 Å². The van der Waals surface area contributed by atoms with E-state index >= 15 is 0 Å². The number of carbonyl (C=O) groups is 3. The number of nitrogens with one attached hydrogen (secondary N) is 2. The number of hydrogen-bond acceptors (Lipinski definition) is 7. The Morgan fingerprint density at radius 3 is 2.38 bits per heavy atom. The van der Waals surface area contributed by atoms with Gasteiger partial charge >= 0.3 is 6.09 Å². The van der Waals surface area contributed by atoms with Gasteiger partial charge in [0.2, 0.25) is 11.8 Å². The average Bonchev–Trinajstić information content (AvgIpc) is 2.78. The van der Waals surface area contributed by atoms with Crippen LogP contribution < -0.4 is 15.7 Å². The highest BCUT2D eigenvalue weighted by Crippen LogP contribution is 2.26. The molecule has 3 aliphatic heterocycles. The number of para-hydroxylation sites is 1. The van der Waals surface area contributed by atoms with E-state index in [1.165, 1.54) is 0 Å². The quantitative estimate of drug-likeness (QED) is 0.445. The molecule has 3 saturated heterocycles. The van der Waals surface area contributed by atoms with Crippen LogP contribution in [0.25, 0.3) is 0 Å². The van der Waals surface area contributed by atoms with Crippen molar-refractivity contribution in [2.24, 2.45) is 5.92 Å². The summed E-state index contributed by atoms with van der Waals surface area (Å²) in [5.41, 5.74) is 2.79. The summed E-state index contributed by atoms with van der Waals surface area (Å²) in [6.45, 7) is 4.42. The molecule has 0 aliphatic carbocycles. The number of ether oxygens (including phenoxy) is 1. The fraction of sp³-hybridized carbons (Fsp3) is 0.591. The molecule has 0 radical (unpaired) electrons. The Morgan fingerprint density at radius 2 is 1.75 bits per heavy atom. The molecule has 3 N–H and O–H groups in total. The van der Waals surface area contributed by atoms with Crippen LogP contribution in [0.15, 0.2) is 30.3 Å². The summed E-state index contributed by atoms with van der Waals surface area (Å²) in [7, 11) is 0. The van der Waals surface area contributed by atoms with E-state index in [-0.39, 0.29) is 24.3 Å². The number of amides is 3. The summed E-state index contributed by atoms with van der Waals surface area (Å²) >= 11 is 0. The lowest BCUT2D eigenvalue weighted by atomic mass is 9.85. The number of carbonyl (C=O) groups excluding carboxylic acids is 3. The van der Waals surface area contributed by atoms with Crippen molar-refractivity contribution in [1.29, 1.82) is 0 Å². The lowest BCUT2D eigenvalue weighted by molar-refractivity contribution is -0.138. The van der Waals surface area contributed by atoms with Gasteiger partial charge in [0.25, 0.3) is 0 Å². The van der Waals surface area contributed by atoms with Crippen molar-refractivity contribution in [2.45, 2.75) is 31.4 Å². The number of likely N-dealkylation sites (tertiary alicyclic amines) is 1. The first kappa shape index (κ1) is 22.3. The Morgan fingerprint density at radius 1 is 1.03 bits per heavy atom. The second-order valence-electron chi connectivity index (χ2n) is 8.62. The molecule has 10 heteroatoms. The van der Waals surface area contributed by atoms with E-state index in [1.807, 2.05) is 23.1 Å². The van der Waals surface area contributed by atoms with Gasteiger partial charge in [-0.2, -0.15) is 0 Å². The number of hydrogen-bond donors (Lipinski definition) is 3. The van der Waals surface area contributed by atoms with Crippen molar-refractivity contribution >= 4 is 23.6 Å². The first-order valence-electron chi connectivity index (χ1n) is 11.3. The maximum absolute atomic E-state index is 13.3. The van der Waals surface area contributed by atoms with Gasteiger partial charge in [-0.15, -0.1) is 0 Å². The van der Waals surface area contributed by atoms with Crippen LogP contribution in [0.1, 0.15) is 19.3 Å². The highest BCUT2D eigenvalue weighted by atomic mass is 16.6. The number of piperidine rings is 1. The third kappa shape index (κ3) is 5.13. The first-order chi connectivity index (χ1) is 15.5. The van der Waals surface area contributed by atoms with Crippen molar-refractivity contribution in [3.8, 4) is 0 Å². The molecule has 3 amide bonds. The number of hydroxylamine groups is 1. The van der Waals surface area contributed by atoms with E-state index in [0.717, 1.165) is 25.2 Å². The molecule has 4 rings (SSSR count). The topological polar surface area (TPSA) is 114 Å². The minimum atomic E-state index is -0.561. The molecule has 0 spiro atoms. The molecule has 174 valence electrons. The van der Waals surface area contributed by atoms with Crippen LogP contribution >= 0.6 is 0 Å². The van der Waals surface area contributed by atoms with Crippen LogP contribution in [0.3, 0.4) is 0 Å². The molecule has 0 aromatic heterocycles. The SMILES string of the molecule is O=C(C[C@@H]1C[C@H](OC(=O)N2CCC2)CN[C@@H]1C(=O)N1CCN(c2ccccc2)CC1)NO. The molecule has 0 bridgehead atoms. The molecule has 3 fully saturated rings. The van der Waals surface area contributed by atoms with Gasteiger partial charge < -0.3 is 24.8 Å². The van der Waals surface area contributed by atoms with Crippen LogP contribution in [0.2, 0.25) is 0 Å². The normalized spacial score (nSPS) is 25.7. The smallest absolute Gasteiger partial charge is 0.410 e. The van der Waals surface area contributed by atoms with Crippen molar-refractivity contribution in [1.82, 2.24) is 20.6 Å². The molecule has 1 aromatic carbocycles. The Labute approximate surface area is 187 Å². The highest BCUT2D eigenvalue weighted by Gasteiger charge is 2.40. The van der Waals surface area contributed by atoms with Crippen molar-refractivity contribution in [3.05, 3.63) is 30.3 Å². The van der Waals surface area contributed by atoms with E-state index in [9.17, 15) is 14.4 Å². The van der Waals surface area contributed by atoms with Gasteiger partial charge in [-0.25, -0.2) is 10.3 Å². The van der Waals surface area contributed by atoms with Crippen molar-refractivity contribution < 1.29 is 24.3 Å². The Balaban J connectivity index is 1.35. The Kier molecular flexibility index (Phi) is 7.11. The van der Waals surface area contributed by atoms with Crippen LogP contribution in [0.5, 0.6) is 0 Å². The molecule has 1 aromatic rings. The largest absolute Gasteiger partial charge is 0.445 e. The highest BCUT2D eigenvalue weighted by molar-refractivity contribution is 5.84. The lowest BCUT2D eigenvalue weighted by Crippen LogP contribution is -2.60. The summed E-state index contributed by atoms with van der Waals surface area (Å²) in [5.74, 6) is -0.996. The standard InChI is InChI=1S/C22H31N5O5/c28-19(24-31)14-16-13-18(32-22(30)27-7-4-8-27)15-23-20(16)21(29)26-11-9-25(10-12-26)17-5-2-1-3-6-17/h1-3,5-6,16,18,20,23,31H,4,7-15H2,(H,24,28)/t16-,18-,20-/m0/s1. The summed E-state index contributed by atoms with van der Waals surface area (Å²) in [6.07, 6.45) is 0.571. The van der Waals surface area contributed by atoms with Gasteiger partial charge in [-0.05, 0) is 30.9 Å². The molecule has 3 atom stereocenters. The van der Waals surface area contributed by atoms with E-state index in [2.05, 4.69) is 22.3 Å². The first-order valence-corrected chi connectivity index (χ1v) is 11.3. The molecule has 0 saturated carbocycles. The zero-order valence-electron chi connectivity index (χ0n) is 18.1. The van der Waals surface area contributed by atoms with Crippen molar-refractivity contribution in [3.63, 3.8) is 0 Å². The zero-order chi connectivity index (χ0) is 22.5. The van der Waals surface area contributed by atoms with Gasteiger partial charge in [0.1, 0.15) is 6.10 Å². The average molecular weight is 446 g/mol. The molecule has 10 nitrogen and oxygen atoms in total. The van der Waals surface area contributed by atoms with E-state index in [4.69, 9.17) is 9.94 Å². The minimum Gasteiger partial charge on any atom is -0.445 e. The molecule has 3 heterocycles. The van der Waals surface area contributed by atoms with E-state index < -0.39 is 18.1 Å². The number of benzene rings is 1. The zero-order valence-corrected chi connectivity index (χ0v) is 18.1. The van der Waals surface area contributed by atoms with Crippen molar-refractivity contribution in [2.75, 3.05) is 50.7 Å². The number of rotatable bonds is 5. The third-order valence-electron chi connectivity index (χ3n) is 6.54. The van der Waals surface area contributed by atoms with Gasteiger partial charge in [0.15, 0.2) is 0 Å². The summed E-state index contributed by atoms with van der Waals surface area (Å²) in [6, 6.07) is 9.54. The number of anilines is 1. The predicted octanol–water partition coefficient (Wildman–Crippen LogP) is 0.420. The minimum absolute atomic E-state index is 0.0261. The molecule has 32 heavy (non-hydrogen) atoms. The molecular weight excluding hydrogens is 414 g/mol. The fourth-order valence-corrected chi connectivity index (χ4v) is 4.58. The number of nitrogens with zero attached hydrogens (tertiary/aromatic N) is 3. The van der Waals surface area contributed by atoms with E-state index in [0.29, 0.717) is 39.1 Å². The Hall–Kier alpha value is -2.85.